The van der Waals surface area contributed by atoms with Crippen LogP contribution in [0.15, 0.2) is 54.7 Å². The molecule has 2 aromatic heterocycles. The number of benzene rings is 2. The Morgan fingerprint density at radius 1 is 1.12 bits per heavy atom. The van der Waals surface area contributed by atoms with Gasteiger partial charge in [0.25, 0.3) is 11.8 Å². The number of methoxy groups -OCH3 is 1. The lowest BCUT2D eigenvalue weighted by atomic mass is 9.94. The Bertz CT molecular complexity index is 1640. The summed E-state index contributed by atoms with van der Waals surface area (Å²) in [5, 5.41) is 8.61. The average molecular weight is 608 g/mol. The largest absolute Gasteiger partial charge is 0.493 e. The van der Waals surface area contributed by atoms with Crippen LogP contribution in [0.2, 0.25) is 5.02 Å². The topological polar surface area (TPSA) is 106 Å². The van der Waals surface area contributed by atoms with Crippen molar-refractivity contribution in [3.8, 4) is 11.5 Å². The number of halogens is 1. The molecule has 12 heteroatoms. The Morgan fingerprint density at radius 3 is 2.71 bits per heavy atom. The third-order valence-electron chi connectivity index (χ3n) is 7.64. The van der Waals surface area contributed by atoms with E-state index < -0.39 is 6.04 Å². The maximum absolute atomic E-state index is 13.6. The minimum atomic E-state index is -0.410. The summed E-state index contributed by atoms with van der Waals surface area (Å²) in [5.41, 5.74) is 1.06. The quantitative estimate of drug-likeness (QED) is 0.378. The Morgan fingerprint density at radius 2 is 1.95 bits per heavy atom. The lowest BCUT2D eigenvalue weighted by molar-refractivity contribution is -0.122. The summed E-state index contributed by atoms with van der Waals surface area (Å²) in [4.78, 5) is 44.3. The molecular formula is C30H30ClN5O5S. The lowest BCUT2D eigenvalue weighted by Gasteiger charge is -2.24. The van der Waals surface area contributed by atoms with E-state index in [9.17, 15) is 14.4 Å². The number of carbonyl (C=O) groups excluding carboxylic acids is 3. The molecule has 0 radical (unpaired) electrons. The van der Waals surface area contributed by atoms with E-state index in [0.717, 1.165) is 15.6 Å². The summed E-state index contributed by atoms with van der Waals surface area (Å²) in [6.45, 7) is 1.15. The fraction of sp³-hybridized carbons (Fsp3) is 0.333. The van der Waals surface area contributed by atoms with E-state index >= 15 is 0 Å². The zero-order valence-corrected chi connectivity index (χ0v) is 24.8. The molecule has 1 N–H and O–H groups in total. The molecule has 10 nitrogen and oxygen atoms in total. The van der Waals surface area contributed by atoms with Gasteiger partial charge in [0.15, 0.2) is 17.2 Å². The number of aromatic nitrogens is 2. The van der Waals surface area contributed by atoms with Gasteiger partial charge in [0, 0.05) is 43.5 Å². The monoisotopic (exact) mass is 607 g/mol. The summed E-state index contributed by atoms with van der Waals surface area (Å²) < 4.78 is 14.2. The number of aryl methyl sites for hydroxylation is 1. The maximum atomic E-state index is 13.6. The number of thiophene rings is 1. The van der Waals surface area contributed by atoms with Gasteiger partial charge in [-0.3, -0.25) is 19.1 Å². The van der Waals surface area contributed by atoms with Gasteiger partial charge in [-0.15, -0.1) is 11.3 Å². The van der Waals surface area contributed by atoms with Crippen molar-refractivity contribution in [1.29, 1.82) is 0 Å². The average Bonchev–Trinajstić information content (AvgIpc) is 3.69. The highest BCUT2D eigenvalue weighted by Crippen LogP contribution is 2.36. The minimum absolute atomic E-state index is 0.114. The second-order valence-corrected chi connectivity index (χ2v) is 12.0. The summed E-state index contributed by atoms with van der Waals surface area (Å²) in [6, 6.07) is 14.9. The molecule has 42 heavy (non-hydrogen) atoms. The van der Waals surface area contributed by atoms with E-state index in [1.165, 1.54) is 16.0 Å². The standard InChI is InChI=1S/C30H30ClN5O5S/c1-34-15-21(31)28(33-34)30(39)36-14-20-18-8-9-23(40-2)24(12-18)41-11-5-10-35(17-27(37)32-22(20)16-36)29(38)26-13-19-6-3-4-7-25(19)42-26/h3-4,6-9,12-13,15,20,22H,5,10-11,14,16-17H2,1-2H3,(H,32,37)/t20-,22+/m1/s1. The molecule has 0 spiro atoms. The zero-order valence-electron chi connectivity index (χ0n) is 23.2. The molecule has 218 valence electrons. The highest BCUT2D eigenvalue weighted by atomic mass is 35.5. The molecule has 4 heterocycles. The van der Waals surface area contributed by atoms with Gasteiger partial charge in [0.2, 0.25) is 5.91 Å². The van der Waals surface area contributed by atoms with Crippen LogP contribution in [0.3, 0.4) is 0 Å². The van der Waals surface area contributed by atoms with Gasteiger partial charge < -0.3 is 24.6 Å². The van der Waals surface area contributed by atoms with Gasteiger partial charge in [0.1, 0.15) is 0 Å². The molecule has 2 aliphatic rings. The Labute approximate surface area is 251 Å². The number of nitrogens with one attached hydrogen (secondary N) is 1. The minimum Gasteiger partial charge on any atom is -0.493 e. The first-order valence-corrected chi connectivity index (χ1v) is 14.9. The number of rotatable bonds is 3. The van der Waals surface area contributed by atoms with Crippen LogP contribution >= 0.6 is 22.9 Å². The molecule has 2 aromatic carbocycles. The van der Waals surface area contributed by atoms with E-state index in [-0.39, 0.29) is 47.4 Å². The third kappa shape index (κ3) is 5.54. The fourth-order valence-electron chi connectivity index (χ4n) is 5.60. The van der Waals surface area contributed by atoms with Crippen LogP contribution < -0.4 is 14.8 Å². The van der Waals surface area contributed by atoms with Gasteiger partial charge in [-0.25, -0.2) is 0 Å². The summed E-state index contributed by atoms with van der Waals surface area (Å²) in [6.07, 6.45) is 2.10. The van der Waals surface area contributed by atoms with Gasteiger partial charge in [-0.05, 0) is 41.6 Å². The normalized spacial score (nSPS) is 19.3. The molecule has 0 saturated carbocycles. The van der Waals surface area contributed by atoms with Crippen LogP contribution in [-0.4, -0.2) is 83.2 Å². The van der Waals surface area contributed by atoms with Gasteiger partial charge >= 0.3 is 0 Å². The second kappa shape index (κ2) is 11.7. The predicted molar refractivity (Wildman–Crippen MR) is 160 cm³/mol. The first-order chi connectivity index (χ1) is 20.3. The fourth-order valence-corrected chi connectivity index (χ4v) is 6.89. The molecule has 4 aromatic rings. The summed E-state index contributed by atoms with van der Waals surface area (Å²) >= 11 is 7.69. The number of hydrogen-bond donors (Lipinski definition) is 1. The van der Waals surface area contributed by atoms with Crippen molar-refractivity contribution in [2.45, 2.75) is 18.4 Å². The second-order valence-electron chi connectivity index (χ2n) is 10.5. The molecule has 2 aliphatic heterocycles. The number of hydrogen-bond acceptors (Lipinski definition) is 7. The Hall–Kier alpha value is -4.09. The van der Waals surface area contributed by atoms with Crippen molar-refractivity contribution in [1.82, 2.24) is 24.9 Å². The van der Waals surface area contributed by atoms with Crippen LogP contribution in [-0.2, 0) is 11.8 Å². The summed E-state index contributed by atoms with van der Waals surface area (Å²) in [5.74, 6) is 0.108. The number of ether oxygens (including phenoxy) is 2. The molecule has 3 amide bonds. The van der Waals surface area contributed by atoms with Crippen molar-refractivity contribution in [3.05, 3.63) is 75.9 Å². The molecule has 1 fully saturated rings. The maximum Gasteiger partial charge on any atom is 0.276 e. The number of carbonyl (C=O) groups is 3. The zero-order chi connectivity index (χ0) is 29.4. The number of likely N-dealkylation sites (tertiary alicyclic amines) is 1. The number of amides is 3. The van der Waals surface area contributed by atoms with E-state index in [4.69, 9.17) is 21.1 Å². The first kappa shape index (κ1) is 28.0. The third-order valence-corrected chi connectivity index (χ3v) is 9.02. The number of nitrogens with zero attached hydrogens (tertiary/aromatic N) is 4. The highest BCUT2D eigenvalue weighted by molar-refractivity contribution is 7.20. The van der Waals surface area contributed by atoms with Crippen LogP contribution in [0.4, 0.5) is 0 Å². The number of fused-ring (bicyclic) bond motifs is 5. The Balaban J connectivity index is 1.30. The van der Waals surface area contributed by atoms with Crippen LogP contribution in [0, 0.1) is 0 Å². The molecular weight excluding hydrogens is 578 g/mol. The predicted octanol–water partition coefficient (Wildman–Crippen LogP) is 3.95. The molecule has 2 bridgehead atoms. The van der Waals surface area contributed by atoms with Crippen molar-refractivity contribution in [2.24, 2.45) is 7.05 Å². The van der Waals surface area contributed by atoms with Gasteiger partial charge in [-0.1, -0.05) is 35.9 Å². The van der Waals surface area contributed by atoms with Crippen LogP contribution in [0.1, 0.15) is 38.1 Å². The molecule has 0 aliphatic carbocycles. The molecule has 6 rings (SSSR count). The van der Waals surface area contributed by atoms with Crippen molar-refractivity contribution in [2.75, 3.05) is 39.9 Å². The van der Waals surface area contributed by atoms with Crippen LogP contribution in [0.5, 0.6) is 11.5 Å². The molecule has 2 atom stereocenters. The first-order valence-electron chi connectivity index (χ1n) is 13.7. The van der Waals surface area contributed by atoms with E-state index in [1.54, 1.807) is 30.2 Å². The lowest BCUT2D eigenvalue weighted by Crippen LogP contribution is -2.47. The molecule has 1 saturated heterocycles. The van der Waals surface area contributed by atoms with Crippen LogP contribution in [0.25, 0.3) is 10.1 Å². The van der Waals surface area contributed by atoms with Gasteiger partial charge in [-0.2, -0.15) is 5.10 Å². The summed E-state index contributed by atoms with van der Waals surface area (Å²) in [7, 11) is 3.28. The van der Waals surface area contributed by atoms with Crippen molar-refractivity contribution < 1.29 is 23.9 Å². The van der Waals surface area contributed by atoms with E-state index in [0.29, 0.717) is 42.5 Å². The van der Waals surface area contributed by atoms with E-state index in [1.807, 2.05) is 48.5 Å². The van der Waals surface area contributed by atoms with E-state index in [2.05, 4.69) is 10.4 Å². The Kier molecular flexibility index (Phi) is 7.78. The highest BCUT2D eigenvalue weighted by Gasteiger charge is 2.39. The SMILES string of the molecule is COc1ccc2cc1OCCCN(C(=O)c1cc3ccccc3s1)CC(=O)N[C@H]1CN(C(=O)c3nn(C)cc3Cl)C[C@H]21. The van der Waals surface area contributed by atoms with Crippen molar-refractivity contribution >= 4 is 50.7 Å². The van der Waals surface area contributed by atoms with Gasteiger partial charge in [0.05, 0.1) is 36.2 Å². The molecule has 0 unspecified atom stereocenters. The van der Waals surface area contributed by atoms with Crippen molar-refractivity contribution in [3.63, 3.8) is 0 Å². The smallest absolute Gasteiger partial charge is 0.276 e.